The third-order valence-corrected chi connectivity index (χ3v) is 6.59. The van der Waals surface area contributed by atoms with Crippen LogP contribution in [0.25, 0.3) is 0 Å². The number of Topliss-reactive ketones (excluding diaryl/α,β-unsaturated/α-hetero) is 1. The fraction of sp³-hybridized carbons (Fsp3) is 0.538. The number of benzene rings is 1. The number of hydrogen-bond acceptors (Lipinski definition) is 3. The van der Waals surface area contributed by atoms with Gasteiger partial charge in [-0.15, -0.1) is 0 Å². The van der Waals surface area contributed by atoms with Crippen LogP contribution >= 0.6 is 0 Å². The van der Waals surface area contributed by atoms with Crippen LogP contribution in [0.1, 0.15) is 87.6 Å². The van der Waals surface area contributed by atoms with E-state index in [1.165, 1.54) is 22.4 Å². The van der Waals surface area contributed by atoms with Crippen molar-refractivity contribution < 1.29 is 4.79 Å². The maximum atomic E-state index is 13.5. The summed E-state index contributed by atoms with van der Waals surface area (Å²) in [4.78, 5) is 20.5. The standard InChI is InChI=1S/C24H30N2O.C2H6/c1-3-17(2)19-9-4-5-10-20(19)21-11-6-12-23(24(21)27)26-15-13-22-18(16-26)8-7-14-25-22;1-2/h4-5,7-10,14,17,21,23H,3,6,11-13,15-16H2,1-2H3;1-2H3. The van der Waals surface area contributed by atoms with Crippen LogP contribution in [0.5, 0.6) is 0 Å². The molecule has 1 aromatic heterocycles. The van der Waals surface area contributed by atoms with E-state index in [1.807, 2.05) is 26.1 Å². The van der Waals surface area contributed by atoms with E-state index < -0.39 is 0 Å². The summed E-state index contributed by atoms with van der Waals surface area (Å²) < 4.78 is 0. The molecule has 0 radical (unpaired) electrons. The molecular weight excluding hydrogens is 356 g/mol. The second-order valence-corrected chi connectivity index (χ2v) is 8.17. The van der Waals surface area contributed by atoms with Crippen LogP contribution in [0.3, 0.4) is 0 Å². The van der Waals surface area contributed by atoms with Gasteiger partial charge in [-0.2, -0.15) is 0 Å². The quantitative estimate of drug-likeness (QED) is 0.651. The normalized spacial score (nSPS) is 23.0. The van der Waals surface area contributed by atoms with Crippen LogP contribution in [0.4, 0.5) is 0 Å². The summed E-state index contributed by atoms with van der Waals surface area (Å²) in [6, 6.07) is 12.9. The van der Waals surface area contributed by atoms with Crippen molar-refractivity contribution in [3.05, 3.63) is 65.0 Å². The fourth-order valence-electron chi connectivity index (χ4n) is 4.85. The van der Waals surface area contributed by atoms with E-state index in [4.69, 9.17) is 0 Å². The molecule has 1 aliphatic carbocycles. The van der Waals surface area contributed by atoms with E-state index in [0.29, 0.717) is 11.7 Å². The lowest BCUT2D eigenvalue weighted by atomic mass is 9.76. The molecule has 3 nitrogen and oxygen atoms in total. The lowest BCUT2D eigenvalue weighted by Gasteiger charge is -2.39. The van der Waals surface area contributed by atoms with Gasteiger partial charge in [-0.05, 0) is 47.9 Å². The van der Waals surface area contributed by atoms with Crippen LogP contribution in [0, 0.1) is 0 Å². The van der Waals surface area contributed by atoms with E-state index in [9.17, 15) is 4.79 Å². The molecule has 0 spiro atoms. The average molecular weight is 393 g/mol. The molecule has 4 rings (SSSR count). The number of aromatic nitrogens is 1. The molecule has 0 saturated heterocycles. The Morgan fingerprint density at radius 1 is 1.14 bits per heavy atom. The second-order valence-electron chi connectivity index (χ2n) is 8.17. The Morgan fingerprint density at radius 2 is 1.93 bits per heavy atom. The van der Waals surface area contributed by atoms with Gasteiger partial charge >= 0.3 is 0 Å². The maximum absolute atomic E-state index is 13.5. The molecule has 2 heterocycles. The Hall–Kier alpha value is -2.00. The number of carbonyl (C=O) groups is 1. The van der Waals surface area contributed by atoms with Gasteiger partial charge in [0.15, 0.2) is 5.78 Å². The zero-order chi connectivity index (χ0) is 20.8. The Balaban J connectivity index is 0.00000117. The average Bonchev–Trinajstić information content (AvgIpc) is 2.80. The fourth-order valence-corrected chi connectivity index (χ4v) is 4.85. The molecule has 3 atom stereocenters. The number of carbonyl (C=O) groups excluding carboxylic acids is 1. The van der Waals surface area contributed by atoms with Crippen LogP contribution in [-0.2, 0) is 17.8 Å². The number of nitrogens with zero attached hydrogens (tertiary/aromatic N) is 2. The van der Waals surface area contributed by atoms with Gasteiger partial charge in [0.2, 0.25) is 0 Å². The minimum absolute atomic E-state index is 0.0575. The molecule has 0 N–H and O–H groups in total. The number of ketones is 1. The molecule has 1 saturated carbocycles. The minimum Gasteiger partial charge on any atom is -0.297 e. The molecule has 29 heavy (non-hydrogen) atoms. The lowest BCUT2D eigenvalue weighted by molar-refractivity contribution is -0.128. The Kier molecular flexibility index (Phi) is 7.60. The molecule has 3 unspecified atom stereocenters. The van der Waals surface area contributed by atoms with Crippen molar-refractivity contribution in [1.82, 2.24) is 9.88 Å². The summed E-state index contributed by atoms with van der Waals surface area (Å²) in [7, 11) is 0. The zero-order valence-corrected chi connectivity index (χ0v) is 18.5. The van der Waals surface area contributed by atoms with E-state index in [1.54, 1.807) is 0 Å². The number of pyridine rings is 1. The predicted octanol–water partition coefficient (Wildman–Crippen LogP) is 5.88. The molecule has 2 aliphatic rings. The van der Waals surface area contributed by atoms with Gasteiger partial charge in [0, 0.05) is 37.3 Å². The second kappa shape index (κ2) is 10.2. The third-order valence-electron chi connectivity index (χ3n) is 6.59. The summed E-state index contributed by atoms with van der Waals surface area (Å²) in [5.74, 6) is 0.996. The summed E-state index contributed by atoms with van der Waals surface area (Å²) in [5, 5.41) is 0. The third kappa shape index (κ3) is 4.61. The monoisotopic (exact) mass is 392 g/mol. The SMILES string of the molecule is CC.CCC(C)c1ccccc1C1CCCC(N2CCc3ncccc3C2)C1=O. The lowest BCUT2D eigenvalue weighted by Crippen LogP contribution is -2.47. The molecular formula is C26H36N2O. The molecule has 1 aromatic carbocycles. The van der Waals surface area contributed by atoms with Crippen molar-refractivity contribution in [2.75, 3.05) is 6.54 Å². The van der Waals surface area contributed by atoms with E-state index in [-0.39, 0.29) is 12.0 Å². The first-order valence-electron chi connectivity index (χ1n) is 11.5. The first-order chi connectivity index (χ1) is 14.2. The van der Waals surface area contributed by atoms with Gasteiger partial charge in [0.25, 0.3) is 0 Å². The minimum atomic E-state index is 0.0575. The largest absolute Gasteiger partial charge is 0.297 e. The molecule has 1 aliphatic heterocycles. The van der Waals surface area contributed by atoms with Gasteiger partial charge in [-0.1, -0.05) is 64.4 Å². The molecule has 3 heteroatoms. The molecule has 1 fully saturated rings. The van der Waals surface area contributed by atoms with Crippen molar-refractivity contribution in [1.29, 1.82) is 0 Å². The Labute approximate surface area is 176 Å². The summed E-state index contributed by atoms with van der Waals surface area (Å²) in [6.07, 6.45) is 7.06. The number of hydrogen-bond donors (Lipinski definition) is 0. The summed E-state index contributed by atoms with van der Waals surface area (Å²) >= 11 is 0. The molecule has 0 bridgehead atoms. The van der Waals surface area contributed by atoms with Gasteiger partial charge in [0.1, 0.15) is 0 Å². The number of fused-ring (bicyclic) bond motifs is 1. The highest BCUT2D eigenvalue weighted by Gasteiger charge is 2.37. The van der Waals surface area contributed by atoms with E-state index in [0.717, 1.165) is 45.2 Å². The van der Waals surface area contributed by atoms with E-state index in [2.05, 4.69) is 54.1 Å². The van der Waals surface area contributed by atoms with Gasteiger partial charge in [-0.3, -0.25) is 14.7 Å². The molecule has 0 amide bonds. The van der Waals surface area contributed by atoms with Gasteiger partial charge in [0.05, 0.1) is 6.04 Å². The van der Waals surface area contributed by atoms with Crippen molar-refractivity contribution in [3.8, 4) is 0 Å². The van der Waals surface area contributed by atoms with Crippen molar-refractivity contribution in [2.45, 2.75) is 84.2 Å². The topological polar surface area (TPSA) is 33.2 Å². The van der Waals surface area contributed by atoms with Crippen LogP contribution in [0.2, 0.25) is 0 Å². The van der Waals surface area contributed by atoms with Gasteiger partial charge in [-0.25, -0.2) is 0 Å². The molecule has 156 valence electrons. The zero-order valence-electron chi connectivity index (χ0n) is 18.5. The van der Waals surface area contributed by atoms with Crippen LogP contribution < -0.4 is 0 Å². The van der Waals surface area contributed by atoms with E-state index >= 15 is 0 Å². The predicted molar refractivity (Wildman–Crippen MR) is 120 cm³/mol. The highest BCUT2D eigenvalue weighted by molar-refractivity contribution is 5.91. The van der Waals surface area contributed by atoms with Crippen LogP contribution in [0.15, 0.2) is 42.6 Å². The smallest absolute Gasteiger partial charge is 0.157 e. The highest BCUT2D eigenvalue weighted by Crippen LogP contribution is 2.37. The highest BCUT2D eigenvalue weighted by atomic mass is 16.1. The first kappa shape index (κ1) is 21.7. The maximum Gasteiger partial charge on any atom is 0.157 e. The number of rotatable bonds is 4. The van der Waals surface area contributed by atoms with Crippen molar-refractivity contribution >= 4 is 5.78 Å². The first-order valence-corrected chi connectivity index (χ1v) is 11.5. The summed E-state index contributed by atoms with van der Waals surface area (Å²) in [6.45, 7) is 10.3. The summed E-state index contributed by atoms with van der Waals surface area (Å²) in [5.41, 5.74) is 5.14. The Bertz CT molecular complexity index is 816. The molecule has 2 aromatic rings. The Morgan fingerprint density at radius 3 is 2.72 bits per heavy atom. The van der Waals surface area contributed by atoms with Crippen LogP contribution in [-0.4, -0.2) is 28.3 Å². The van der Waals surface area contributed by atoms with Crippen molar-refractivity contribution in [2.24, 2.45) is 0 Å². The van der Waals surface area contributed by atoms with Gasteiger partial charge < -0.3 is 0 Å². The van der Waals surface area contributed by atoms with Crippen molar-refractivity contribution in [3.63, 3.8) is 0 Å².